The largest absolute Gasteiger partial charge is 0.415 e. The zero-order valence-corrected chi connectivity index (χ0v) is 22.8. The van der Waals surface area contributed by atoms with Crippen LogP contribution in [0.1, 0.15) is 65.2 Å². The Labute approximate surface area is 187 Å². The van der Waals surface area contributed by atoms with Crippen molar-refractivity contribution in [2.24, 2.45) is 34.5 Å². The van der Waals surface area contributed by atoms with Gasteiger partial charge < -0.3 is 8.85 Å². The first-order chi connectivity index (χ1) is 13.7. The van der Waals surface area contributed by atoms with Crippen LogP contribution in [0.3, 0.4) is 0 Å². The summed E-state index contributed by atoms with van der Waals surface area (Å²) < 4.78 is 13.5. The van der Waals surface area contributed by atoms with Gasteiger partial charge in [0, 0.05) is 24.0 Å². The molecule has 0 radical (unpaired) electrons. The van der Waals surface area contributed by atoms with E-state index in [1.807, 2.05) is 0 Å². The van der Waals surface area contributed by atoms with E-state index in [1.165, 1.54) is 32.1 Å². The Morgan fingerprint density at radius 3 is 2.20 bits per heavy atom. The van der Waals surface area contributed by atoms with Crippen LogP contribution in [0.25, 0.3) is 0 Å². The van der Waals surface area contributed by atoms with Crippen molar-refractivity contribution < 1.29 is 13.6 Å². The molecule has 4 aliphatic rings. The van der Waals surface area contributed by atoms with Gasteiger partial charge in [-0.25, -0.2) is 0 Å². The van der Waals surface area contributed by atoms with E-state index in [4.69, 9.17) is 8.85 Å². The minimum atomic E-state index is -1.69. The lowest BCUT2D eigenvalue weighted by atomic mass is 9.44. The van der Waals surface area contributed by atoms with Crippen LogP contribution < -0.4 is 0 Å². The first-order valence-electron chi connectivity index (χ1n) is 12.6. The van der Waals surface area contributed by atoms with Crippen molar-refractivity contribution in [3.8, 4) is 0 Å². The lowest BCUT2D eigenvalue weighted by molar-refractivity contribution is -0.170. The lowest BCUT2D eigenvalue weighted by Crippen LogP contribution is -2.61. The van der Waals surface area contributed by atoms with Crippen LogP contribution in [0.2, 0.25) is 39.3 Å². The molecule has 0 N–H and O–H groups in total. The summed E-state index contributed by atoms with van der Waals surface area (Å²) in [6.07, 6.45) is 9.97. The summed E-state index contributed by atoms with van der Waals surface area (Å²) in [6, 6.07) is 0. The summed E-state index contributed by atoms with van der Waals surface area (Å²) in [5, 5.41) is 0. The number of fused-ring (bicyclic) bond motifs is 5. The van der Waals surface area contributed by atoms with E-state index >= 15 is 0 Å². The number of hydrogen-bond donors (Lipinski definition) is 0. The zero-order chi connectivity index (χ0) is 22.1. The smallest absolute Gasteiger partial charge is 0.184 e. The highest BCUT2D eigenvalue weighted by Gasteiger charge is 2.64. The van der Waals surface area contributed by atoms with E-state index in [2.05, 4.69) is 53.1 Å². The molecule has 0 saturated heterocycles. The Hall–Kier alpha value is 0.0238. The van der Waals surface area contributed by atoms with Gasteiger partial charge in [0.1, 0.15) is 5.78 Å². The van der Waals surface area contributed by atoms with Gasteiger partial charge in [0.15, 0.2) is 16.6 Å². The van der Waals surface area contributed by atoms with Gasteiger partial charge in [-0.1, -0.05) is 13.8 Å². The molecule has 0 aromatic rings. The molecule has 0 bridgehead atoms. The molecule has 0 aliphatic heterocycles. The molecule has 8 atom stereocenters. The summed E-state index contributed by atoms with van der Waals surface area (Å²) in [6.45, 7) is 18.9. The molecular formula is C25H46O3Si2. The maximum absolute atomic E-state index is 13.0. The monoisotopic (exact) mass is 450 g/mol. The van der Waals surface area contributed by atoms with Crippen molar-refractivity contribution in [3.63, 3.8) is 0 Å². The molecule has 4 aliphatic carbocycles. The molecule has 5 heteroatoms. The second-order valence-corrected chi connectivity index (χ2v) is 22.5. The van der Waals surface area contributed by atoms with Crippen LogP contribution in [0.4, 0.5) is 0 Å². The maximum atomic E-state index is 13.0. The summed E-state index contributed by atoms with van der Waals surface area (Å²) >= 11 is 0. The van der Waals surface area contributed by atoms with Gasteiger partial charge in [-0.15, -0.1) is 0 Å². The molecule has 4 fully saturated rings. The van der Waals surface area contributed by atoms with Crippen LogP contribution in [0.15, 0.2) is 0 Å². The van der Waals surface area contributed by atoms with E-state index in [-0.39, 0.29) is 11.5 Å². The van der Waals surface area contributed by atoms with Gasteiger partial charge >= 0.3 is 0 Å². The van der Waals surface area contributed by atoms with E-state index in [0.29, 0.717) is 35.1 Å². The van der Waals surface area contributed by atoms with Gasteiger partial charge in [-0.2, -0.15) is 0 Å². The fourth-order valence-electron chi connectivity index (χ4n) is 8.25. The number of rotatable bonds is 4. The molecule has 172 valence electrons. The molecule has 30 heavy (non-hydrogen) atoms. The summed E-state index contributed by atoms with van der Waals surface area (Å²) in [5.41, 5.74) is 0.215. The average molecular weight is 451 g/mol. The second kappa shape index (κ2) is 7.53. The Morgan fingerprint density at radius 1 is 0.900 bits per heavy atom. The minimum absolute atomic E-state index is 0.132. The molecule has 5 unspecified atom stereocenters. The standard InChI is InChI=1S/C25H46O3Si2/c1-24-14-13-18(27-29(3,4)5)15-17(24)9-10-19-20-11-12-22(26)25(20,2)16-21(23(19)24)28-30(6,7)8/h17-21,23H,9-16H2,1-8H3/t17-,18?,19?,20?,21?,23?,24+,25+/m1/s1. The van der Waals surface area contributed by atoms with Crippen molar-refractivity contribution in [2.45, 2.75) is 117 Å². The van der Waals surface area contributed by atoms with E-state index in [0.717, 1.165) is 25.2 Å². The molecule has 4 saturated carbocycles. The van der Waals surface area contributed by atoms with Gasteiger partial charge in [-0.05, 0) is 113 Å². The average Bonchev–Trinajstić information content (AvgIpc) is 2.87. The van der Waals surface area contributed by atoms with Crippen molar-refractivity contribution >= 4 is 22.4 Å². The molecular weight excluding hydrogens is 404 g/mol. The highest BCUT2D eigenvalue weighted by molar-refractivity contribution is 6.70. The zero-order valence-electron chi connectivity index (χ0n) is 20.8. The Balaban J connectivity index is 1.64. The Kier molecular flexibility index (Phi) is 5.82. The van der Waals surface area contributed by atoms with Crippen LogP contribution in [-0.4, -0.2) is 34.6 Å². The molecule has 3 nitrogen and oxygen atoms in total. The van der Waals surface area contributed by atoms with Crippen LogP contribution in [-0.2, 0) is 13.6 Å². The number of hydrogen-bond acceptors (Lipinski definition) is 3. The fraction of sp³-hybridized carbons (Fsp3) is 0.960. The quantitative estimate of drug-likeness (QED) is 0.450. The maximum Gasteiger partial charge on any atom is 0.184 e. The molecule has 4 rings (SSSR count). The van der Waals surface area contributed by atoms with E-state index < -0.39 is 16.6 Å². The van der Waals surface area contributed by atoms with Gasteiger partial charge in [0.05, 0.1) is 0 Å². The van der Waals surface area contributed by atoms with Crippen molar-refractivity contribution in [3.05, 3.63) is 0 Å². The van der Waals surface area contributed by atoms with Crippen LogP contribution in [0, 0.1) is 34.5 Å². The highest BCUT2D eigenvalue weighted by Crippen LogP contribution is 2.66. The molecule has 0 amide bonds. The number of carbonyl (C=O) groups is 1. The van der Waals surface area contributed by atoms with Gasteiger partial charge in [0.25, 0.3) is 0 Å². The van der Waals surface area contributed by atoms with Crippen molar-refractivity contribution in [2.75, 3.05) is 0 Å². The number of ketones is 1. The summed E-state index contributed by atoms with van der Waals surface area (Å²) in [4.78, 5) is 13.0. The minimum Gasteiger partial charge on any atom is -0.415 e. The Morgan fingerprint density at radius 2 is 1.57 bits per heavy atom. The third-order valence-electron chi connectivity index (χ3n) is 9.26. The predicted octanol–water partition coefficient (Wildman–Crippen LogP) is 6.65. The highest BCUT2D eigenvalue weighted by atomic mass is 28.4. The fourth-order valence-corrected chi connectivity index (χ4v) is 10.6. The second-order valence-electron chi connectivity index (χ2n) is 13.6. The van der Waals surface area contributed by atoms with E-state index in [1.54, 1.807) is 0 Å². The van der Waals surface area contributed by atoms with Crippen LogP contribution in [0.5, 0.6) is 0 Å². The first-order valence-corrected chi connectivity index (χ1v) is 19.4. The predicted molar refractivity (Wildman–Crippen MR) is 129 cm³/mol. The van der Waals surface area contributed by atoms with Crippen LogP contribution >= 0.6 is 0 Å². The third-order valence-corrected chi connectivity index (χ3v) is 11.3. The van der Waals surface area contributed by atoms with Crippen molar-refractivity contribution in [1.29, 1.82) is 0 Å². The molecule has 0 aromatic carbocycles. The lowest BCUT2D eigenvalue weighted by Gasteiger charge is -2.63. The van der Waals surface area contributed by atoms with Crippen molar-refractivity contribution in [1.82, 2.24) is 0 Å². The van der Waals surface area contributed by atoms with Gasteiger partial charge in [-0.3, -0.25) is 4.79 Å². The summed E-state index contributed by atoms with van der Waals surface area (Å²) in [7, 11) is -3.18. The first kappa shape index (κ1) is 23.2. The summed E-state index contributed by atoms with van der Waals surface area (Å²) in [5.74, 6) is 3.16. The number of Topliss-reactive ketones (excluding diaryl/α,β-unsaturated/α-hetero) is 1. The molecule has 0 spiro atoms. The molecule has 0 aromatic heterocycles. The topological polar surface area (TPSA) is 35.5 Å². The van der Waals surface area contributed by atoms with Gasteiger partial charge in [0.2, 0.25) is 0 Å². The van der Waals surface area contributed by atoms with E-state index in [9.17, 15) is 4.79 Å². The molecule has 0 heterocycles. The Bertz CT molecular complexity index is 681. The number of carbonyl (C=O) groups excluding carboxylic acids is 1. The third kappa shape index (κ3) is 4.06. The normalized spacial score (nSPS) is 46.9. The SMILES string of the molecule is C[C@]12CC(O[Si](C)(C)C)C3C(CC[C@@H]4CC(O[Si](C)(C)C)CC[C@]34C)C1CCC2=O.